The van der Waals surface area contributed by atoms with E-state index in [4.69, 9.17) is 5.73 Å². The third kappa shape index (κ3) is 2.57. The average Bonchev–Trinajstić information content (AvgIpc) is 2.73. The molecule has 0 aliphatic heterocycles. The van der Waals surface area contributed by atoms with Gasteiger partial charge < -0.3 is 10.3 Å². The van der Waals surface area contributed by atoms with E-state index in [1.54, 1.807) is 0 Å². The van der Waals surface area contributed by atoms with Crippen molar-refractivity contribution in [2.45, 2.75) is 39.1 Å². The van der Waals surface area contributed by atoms with Crippen LogP contribution in [0.25, 0.3) is 10.9 Å². The number of nitrogens with two attached hydrogens (primary N) is 1. The van der Waals surface area contributed by atoms with Gasteiger partial charge in [-0.3, -0.25) is 0 Å². The largest absolute Gasteiger partial charge is 0.341 e. The van der Waals surface area contributed by atoms with E-state index < -0.39 is 0 Å². The molecule has 1 aromatic heterocycles. The summed E-state index contributed by atoms with van der Waals surface area (Å²) in [5.41, 5.74) is 9.68. The highest BCUT2D eigenvalue weighted by molar-refractivity contribution is 7.98. The Labute approximate surface area is 114 Å². The van der Waals surface area contributed by atoms with E-state index in [1.165, 1.54) is 22.2 Å². The molecule has 0 unspecified atom stereocenters. The maximum atomic E-state index is 5.74. The second kappa shape index (κ2) is 5.81. The Bertz CT molecular complexity index is 529. The van der Waals surface area contributed by atoms with Crippen LogP contribution in [0.4, 0.5) is 0 Å². The first-order valence-corrected chi connectivity index (χ1v) is 7.73. The summed E-state index contributed by atoms with van der Waals surface area (Å²) in [5.74, 6) is 2.25. The van der Waals surface area contributed by atoms with E-state index >= 15 is 0 Å². The summed E-state index contributed by atoms with van der Waals surface area (Å²) in [5, 5.41) is 1.33. The molecule has 2 rings (SSSR count). The first-order valence-electron chi connectivity index (χ1n) is 6.58. The molecule has 0 aliphatic carbocycles. The van der Waals surface area contributed by atoms with E-state index in [-0.39, 0.29) is 0 Å². The van der Waals surface area contributed by atoms with Gasteiger partial charge in [0, 0.05) is 29.6 Å². The Morgan fingerprint density at radius 1 is 1.28 bits per heavy atom. The molecule has 3 heteroatoms. The van der Waals surface area contributed by atoms with E-state index in [2.05, 4.69) is 49.6 Å². The summed E-state index contributed by atoms with van der Waals surface area (Å²) in [6.07, 6.45) is 0. The molecule has 0 atom stereocenters. The molecular weight excluding hydrogens is 240 g/mol. The molecule has 0 radical (unpaired) electrons. The van der Waals surface area contributed by atoms with Gasteiger partial charge in [-0.05, 0) is 42.7 Å². The van der Waals surface area contributed by atoms with Crippen LogP contribution in [0.2, 0.25) is 0 Å². The predicted octanol–water partition coefficient (Wildman–Crippen LogP) is 3.93. The van der Waals surface area contributed by atoms with Crippen LogP contribution in [-0.2, 0) is 12.3 Å². The van der Waals surface area contributed by atoms with Gasteiger partial charge in [-0.1, -0.05) is 19.1 Å². The Balaban J connectivity index is 2.53. The molecular formula is C15H22N2S. The normalized spacial score (nSPS) is 11.6. The van der Waals surface area contributed by atoms with Crippen molar-refractivity contribution in [3.8, 4) is 0 Å². The van der Waals surface area contributed by atoms with Gasteiger partial charge in [0.25, 0.3) is 0 Å². The number of fused-ring (bicyclic) bond motifs is 1. The predicted molar refractivity (Wildman–Crippen MR) is 82.1 cm³/mol. The number of nitrogens with zero attached hydrogens (tertiary/aromatic N) is 1. The fourth-order valence-electron chi connectivity index (χ4n) is 2.38. The molecule has 2 N–H and O–H groups in total. The summed E-state index contributed by atoms with van der Waals surface area (Å²) in [4.78, 5) is 0. The standard InChI is InChI=1S/C15H22N2S/c1-4-18-10-14-8-13-6-5-12(9-16)7-15(13)17(14)11(2)3/h5-8,11H,4,9-10,16H2,1-3H3. The lowest BCUT2D eigenvalue weighted by Gasteiger charge is -2.14. The van der Waals surface area contributed by atoms with Crippen LogP contribution in [0.3, 0.4) is 0 Å². The van der Waals surface area contributed by atoms with Crippen molar-refractivity contribution in [1.82, 2.24) is 4.57 Å². The van der Waals surface area contributed by atoms with E-state index in [0.717, 1.165) is 11.5 Å². The third-order valence-corrected chi connectivity index (χ3v) is 4.10. The highest BCUT2D eigenvalue weighted by Gasteiger charge is 2.11. The van der Waals surface area contributed by atoms with Crippen molar-refractivity contribution in [1.29, 1.82) is 0 Å². The van der Waals surface area contributed by atoms with Crippen LogP contribution in [0.5, 0.6) is 0 Å². The number of rotatable bonds is 5. The molecule has 0 spiro atoms. The summed E-state index contributed by atoms with van der Waals surface area (Å²) in [6.45, 7) is 7.31. The zero-order valence-electron chi connectivity index (χ0n) is 11.4. The fourth-order valence-corrected chi connectivity index (χ4v) is 3.01. The molecule has 98 valence electrons. The van der Waals surface area contributed by atoms with Gasteiger partial charge in [-0.2, -0.15) is 11.8 Å². The number of hydrogen-bond donors (Lipinski definition) is 1. The van der Waals surface area contributed by atoms with Gasteiger partial charge in [0.05, 0.1) is 0 Å². The first kappa shape index (κ1) is 13.5. The Hall–Kier alpha value is -0.930. The second-order valence-corrected chi connectivity index (χ2v) is 6.11. The Kier molecular flexibility index (Phi) is 4.36. The minimum Gasteiger partial charge on any atom is -0.341 e. The lowest BCUT2D eigenvalue weighted by atomic mass is 10.1. The van der Waals surface area contributed by atoms with Crippen LogP contribution >= 0.6 is 11.8 Å². The van der Waals surface area contributed by atoms with Crippen molar-refractivity contribution >= 4 is 22.7 Å². The van der Waals surface area contributed by atoms with E-state index in [0.29, 0.717) is 12.6 Å². The number of hydrogen-bond acceptors (Lipinski definition) is 2. The quantitative estimate of drug-likeness (QED) is 0.885. The molecule has 0 bridgehead atoms. The minimum atomic E-state index is 0.489. The summed E-state index contributed by atoms with van der Waals surface area (Å²) in [6, 6.07) is 9.36. The molecule has 0 aliphatic rings. The van der Waals surface area contributed by atoms with Crippen LogP contribution < -0.4 is 5.73 Å². The van der Waals surface area contributed by atoms with Crippen molar-refractivity contribution in [2.24, 2.45) is 5.73 Å². The van der Waals surface area contributed by atoms with Crippen molar-refractivity contribution in [2.75, 3.05) is 5.75 Å². The van der Waals surface area contributed by atoms with Crippen LogP contribution in [0.15, 0.2) is 24.3 Å². The van der Waals surface area contributed by atoms with Gasteiger partial charge in [-0.25, -0.2) is 0 Å². The molecule has 2 aromatic rings. The van der Waals surface area contributed by atoms with Gasteiger partial charge in [0.15, 0.2) is 0 Å². The average molecular weight is 262 g/mol. The van der Waals surface area contributed by atoms with E-state index in [1.807, 2.05) is 11.8 Å². The summed E-state index contributed by atoms with van der Waals surface area (Å²) >= 11 is 1.97. The third-order valence-electron chi connectivity index (χ3n) is 3.19. The number of benzene rings is 1. The van der Waals surface area contributed by atoms with Crippen LogP contribution in [0, 0.1) is 0 Å². The SMILES string of the molecule is CCSCc1cc2ccc(CN)cc2n1C(C)C. The molecule has 1 heterocycles. The van der Waals surface area contributed by atoms with Gasteiger partial charge >= 0.3 is 0 Å². The van der Waals surface area contributed by atoms with Crippen LogP contribution in [-0.4, -0.2) is 10.3 Å². The lowest BCUT2D eigenvalue weighted by Crippen LogP contribution is -2.05. The maximum absolute atomic E-state index is 5.74. The molecule has 0 fully saturated rings. The highest BCUT2D eigenvalue weighted by atomic mass is 32.2. The summed E-state index contributed by atoms with van der Waals surface area (Å²) in [7, 11) is 0. The number of thioether (sulfide) groups is 1. The number of aromatic nitrogens is 1. The Morgan fingerprint density at radius 3 is 2.67 bits per heavy atom. The van der Waals surface area contributed by atoms with Gasteiger partial charge in [0.2, 0.25) is 0 Å². The summed E-state index contributed by atoms with van der Waals surface area (Å²) < 4.78 is 2.44. The van der Waals surface area contributed by atoms with Crippen LogP contribution in [0.1, 0.15) is 38.1 Å². The zero-order valence-corrected chi connectivity index (χ0v) is 12.3. The van der Waals surface area contributed by atoms with Crippen molar-refractivity contribution in [3.63, 3.8) is 0 Å². The molecule has 0 saturated carbocycles. The second-order valence-electron chi connectivity index (χ2n) is 4.83. The first-order chi connectivity index (χ1) is 8.67. The minimum absolute atomic E-state index is 0.489. The molecule has 1 aromatic carbocycles. The monoisotopic (exact) mass is 262 g/mol. The maximum Gasteiger partial charge on any atom is 0.0488 e. The Morgan fingerprint density at radius 2 is 2.06 bits per heavy atom. The van der Waals surface area contributed by atoms with Gasteiger partial charge in [-0.15, -0.1) is 0 Å². The highest BCUT2D eigenvalue weighted by Crippen LogP contribution is 2.27. The zero-order chi connectivity index (χ0) is 13.1. The lowest BCUT2D eigenvalue weighted by molar-refractivity contribution is 0.605. The molecule has 18 heavy (non-hydrogen) atoms. The van der Waals surface area contributed by atoms with E-state index in [9.17, 15) is 0 Å². The smallest absolute Gasteiger partial charge is 0.0488 e. The molecule has 2 nitrogen and oxygen atoms in total. The van der Waals surface area contributed by atoms with Gasteiger partial charge in [0.1, 0.15) is 0 Å². The molecule has 0 amide bonds. The molecule has 0 saturated heterocycles. The van der Waals surface area contributed by atoms with Crippen molar-refractivity contribution in [3.05, 3.63) is 35.5 Å². The van der Waals surface area contributed by atoms with Crippen molar-refractivity contribution < 1.29 is 0 Å². The topological polar surface area (TPSA) is 30.9 Å². The fraction of sp³-hybridized carbons (Fsp3) is 0.467.